The van der Waals surface area contributed by atoms with Gasteiger partial charge in [-0.25, -0.2) is 8.42 Å². The Morgan fingerprint density at radius 2 is 1.49 bits per heavy atom. The highest BCUT2D eigenvalue weighted by Crippen LogP contribution is 2.29. The lowest BCUT2D eigenvalue weighted by Gasteiger charge is -2.34. The number of benzene rings is 4. The van der Waals surface area contributed by atoms with Crippen molar-refractivity contribution in [2.24, 2.45) is 0 Å². The molecule has 7 nitrogen and oxygen atoms in total. The molecule has 9 heteroatoms. The van der Waals surface area contributed by atoms with Crippen molar-refractivity contribution in [3.05, 3.63) is 129 Å². The third-order valence-corrected chi connectivity index (χ3v) is 9.84. The highest BCUT2D eigenvalue weighted by Gasteiger charge is 2.35. The normalized spacial score (nSPS) is 11.9. The zero-order valence-electron chi connectivity index (χ0n) is 26.2. The molecule has 0 saturated heterocycles. The molecule has 0 unspecified atom stereocenters. The number of hydrogen-bond acceptors (Lipinski definition) is 4. The van der Waals surface area contributed by atoms with Gasteiger partial charge in [0.25, 0.3) is 10.0 Å². The zero-order valence-corrected chi connectivity index (χ0v) is 28.6. The molecule has 1 N–H and O–H groups in total. The molecule has 0 bridgehead atoms. The number of nitrogens with zero attached hydrogens (tertiary/aromatic N) is 2. The highest BCUT2D eigenvalue weighted by atomic mass is 79.9. The Balaban J connectivity index is 1.82. The van der Waals surface area contributed by atoms with Crippen LogP contribution in [-0.4, -0.2) is 44.3 Å². The molecule has 0 aliphatic rings. The smallest absolute Gasteiger partial charge is 0.264 e. The molecule has 0 aliphatic heterocycles. The second kappa shape index (κ2) is 15.4. The Morgan fingerprint density at radius 3 is 2.13 bits per heavy atom. The summed E-state index contributed by atoms with van der Waals surface area (Å²) in [5, 5.41) is 2.97. The van der Waals surface area contributed by atoms with Crippen molar-refractivity contribution < 1.29 is 18.0 Å². The van der Waals surface area contributed by atoms with Crippen molar-refractivity contribution in [1.29, 1.82) is 0 Å². The zero-order chi connectivity index (χ0) is 32.6. The largest absolute Gasteiger partial charge is 0.354 e. The van der Waals surface area contributed by atoms with Crippen molar-refractivity contribution in [2.45, 2.75) is 58.0 Å². The van der Waals surface area contributed by atoms with Gasteiger partial charge in [0.05, 0.1) is 10.6 Å². The number of amides is 2. The van der Waals surface area contributed by atoms with Gasteiger partial charge in [-0.3, -0.25) is 13.9 Å². The van der Waals surface area contributed by atoms with Crippen LogP contribution in [0.5, 0.6) is 0 Å². The number of carbonyl (C=O) groups is 2. The lowest BCUT2D eigenvalue weighted by Crippen LogP contribution is -2.53. The first-order valence-electron chi connectivity index (χ1n) is 15.0. The van der Waals surface area contributed by atoms with Gasteiger partial charge in [-0.2, -0.15) is 0 Å². The topological polar surface area (TPSA) is 86.8 Å². The molecule has 4 aromatic rings. The minimum Gasteiger partial charge on any atom is -0.354 e. The first-order chi connectivity index (χ1) is 21.5. The Bertz CT molecular complexity index is 1730. The van der Waals surface area contributed by atoms with E-state index in [4.69, 9.17) is 0 Å². The van der Waals surface area contributed by atoms with E-state index >= 15 is 0 Å². The number of rotatable bonds is 13. The summed E-state index contributed by atoms with van der Waals surface area (Å²) >= 11 is 3.51. The SMILES string of the molecule is CCCNC(=O)[C@@H](Cc1ccccc1)N(Cc1cccc(Br)c1)C(=O)CN(c1ccc(C)cc1C)S(=O)(=O)c1ccc(C)cc1. The van der Waals surface area contributed by atoms with E-state index in [0.29, 0.717) is 12.2 Å². The van der Waals surface area contributed by atoms with Crippen LogP contribution in [0.1, 0.15) is 41.2 Å². The van der Waals surface area contributed by atoms with E-state index in [0.717, 1.165) is 38.7 Å². The molecule has 236 valence electrons. The monoisotopic (exact) mass is 689 g/mol. The summed E-state index contributed by atoms with van der Waals surface area (Å²) in [4.78, 5) is 29.9. The third kappa shape index (κ3) is 8.83. The van der Waals surface area contributed by atoms with Crippen molar-refractivity contribution in [2.75, 3.05) is 17.4 Å². The summed E-state index contributed by atoms with van der Waals surface area (Å²) in [5.74, 6) is -0.776. The summed E-state index contributed by atoms with van der Waals surface area (Å²) in [6, 6.07) is 28.3. The van der Waals surface area contributed by atoms with E-state index in [1.807, 2.05) is 94.4 Å². The molecule has 0 fully saturated rings. The predicted octanol–water partition coefficient (Wildman–Crippen LogP) is 6.74. The van der Waals surface area contributed by atoms with Crippen LogP contribution in [0.2, 0.25) is 0 Å². The minimum absolute atomic E-state index is 0.0842. The fourth-order valence-corrected chi connectivity index (χ4v) is 7.11. The van der Waals surface area contributed by atoms with Crippen LogP contribution in [0.3, 0.4) is 0 Å². The van der Waals surface area contributed by atoms with Crippen molar-refractivity contribution in [1.82, 2.24) is 10.2 Å². The number of carbonyl (C=O) groups excluding carboxylic acids is 2. The van der Waals surface area contributed by atoms with Crippen LogP contribution in [0.4, 0.5) is 5.69 Å². The van der Waals surface area contributed by atoms with Gasteiger partial charge >= 0.3 is 0 Å². The van der Waals surface area contributed by atoms with Gasteiger partial charge in [0.2, 0.25) is 11.8 Å². The summed E-state index contributed by atoms with van der Waals surface area (Å²) in [7, 11) is -4.16. The standard InChI is InChI=1S/C36H40BrN3O4S/c1-5-20-38-36(42)34(23-29-10-7-6-8-11-29)39(24-30-12-9-13-31(37)22-30)35(41)25-40(33-19-16-27(3)21-28(33)4)45(43,44)32-17-14-26(2)15-18-32/h6-19,21-22,34H,5,20,23-25H2,1-4H3,(H,38,42)/t34-/m1/s1. The first-order valence-corrected chi connectivity index (χ1v) is 17.2. The number of halogens is 1. The fourth-order valence-electron chi connectivity index (χ4n) is 5.19. The van der Waals surface area contributed by atoms with Gasteiger partial charge in [0.1, 0.15) is 12.6 Å². The summed E-state index contributed by atoms with van der Waals surface area (Å²) < 4.78 is 30.5. The average Bonchev–Trinajstić information content (AvgIpc) is 3.01. The Kier molecular flexibility index (Phi) is 11.6. The predicted molar refractivity (Wildman–Crippen MR) is 184 cm³/mol. The van der Waals surface area contributed by atoms with Gasteiger partial charge in [-0.15, -0.1) is 0 Å². The Morgan fingerprint density at radius 1 is 0.822 bits per heavy atom. The molecule has 0 saturated carbocycles. The van der Waals surface area contributed by atoms with Crippen molar-refractivity contribution >= 4 is 43.5 Å². The van der Waals surface area contributed by atoms with Crippen LogP contribution in [0.25, 0.3) is 0 Å². The van der Waals surface area contributed by atoms with E-state index in [1.54, 1.807) is 30.3 Å². The maximum atomic E-state index is 14.6. The quantitative estimate of drug-likeness (QED) is 0.169. The molecule has 0 heterocycles. The molecular weight excluding hydrogens is 650 g/mol. The van der Waals surface area contributed by atoms with Crippen molar-refractivity contribution in [3.63, 3.8) is 0 Å². The third-order valence-electron chi connectivity index (χ3n) is 7.57. The van der Waals surface area contributed by atoms with Crippen LogP contribution < -0.4 is 9.62 Å². The van der Waals surface area contributed by atoms with Crippen LogP contribution >= 0.6 is 15.9 Å². The molecule has 2 amide bonds. The van der Waals surface area contributed by atoms with E-state index in [9.17, 15) is 18.0 Å². The summed E-state index contributed by atoms with van der Waals surface area (Å²) in [5.41, 5.74) is 4.72. The Labute approximate surface area is 275 Å². The molecular formula is C36H40BrN3O4S. The fraction of sp³-hybridized carbons (Fsp3) is 0.278. The molecule has 0 aliphatic carbocycles. The van der Waals surface area contributed by atoms with Crippen LogP contribution in [-0.2, 0) is 32.6 Å². The van der Waals surface area contributed by atoms with Crippen molar-refractivity contribution in [3.8, 4) is 0 Å². The summed E-state index contributed by atoms with van der Waals surface area (Å²) in [6.07, 6.45) is 1.00. The molecule has 0 spiro atoms. The molecule has 0 radical (unpaired) electrons. The minimum atomic E-state index is -4.16. The summed E-state index contributed by atoms with van der Waals surface area (Å²) in [6.45, 7) is 7.71. The van der Waals surface area contributed by atoms with E-state index in [1.165, 1.54) is 9.21 Å². The molecule has 1 atom stereocenters. The number of anilines is 1. The van der Waals surface area contributed by atoms with Crippen LogP contribution in [0.15, 0.2) is 106 Å². The second-order valence-electron chi connectivity index (χ2n) is 11.3. The Hall–Kier alpha value is -3.95. The van der Waals surface area contributed by atoms with Gasteiger partial charge < -0.3 is 10.2 Å². The van der Waals surface area contributed by atoms with Crippen LogP contribution in [0, 0.1) is 20.8 Å². The average molecular weight is 691 g/mol. The maximum Gasteiger partial charge on any atom is 0.264 e. The second-order valence-corrected chi connectivity index (χ2v) is 14.0. The van der Waals surface area contributed by atoms with Gasteiger partial charge in [0.15, 0.2) is 0 Å². The number of aryl methyl sites for hydroxylation is 3. The molecule has 0 aromatic heterocycles. The van der Waals surface area contributed by atoms with Gasteiger partial charge in [-0.1, -0.05) is 101 Å². The molecule has 45 heavy (non-hydrogen) atoms. The lowest BCUT2D eigenvalue weighted by atomic mass is 10.0. The molecule has 4 rings (SSSR count). The van der Waals surface area contributed by atoms with Gasteiger partial charge in [0, 0.05) is 24.0 Å². The van der Waals surface area contributed by atoms with E-state index in [2.05, 4.69) is 21.2 Å². The first kappa shape index (κ1) is 33.9. The van der Waals surface area contributed by atoms with E-state index in [-0.39, 0.29) is 23.8 Å². The highest BCUT2D eigenvalue weighted by molar-refractivity contribution is 9.10. The van der Waals surface area contributed by atoms with Gasteiger partial charge in [-0.05, 0) is 74.2 Å². The maximum absolute atomic E-state index is 14.6. The number of hydrogen-bond donors (Lipinski definition) is 1. The number of sulfonamides is 1. The molecule has 4 aromatic carbocycles. The number of nitrogens with one attached hydrogen (secondary N) is 1. The van der Waals surface area contributed by atoms with E-state index < -0.39 is 28.5 Å². The lowest BCUT2D eigenvalue weighted by molar-refractivity contribution is -0.140.